The van der Waals surface area contributed by atoms with Crippen LogP contribution in [-0.4, -0.2) is 28.5 Å². The molecule has 0 aliphatic heterocycles. The molecule has 0 aliphatic carbocycles. The van der Waals surface area contributed by atoms with E-state index in [1.165, 1.54) is 32.1 Å². The number of nitrogens with one attached hydrogen (secondary N) is 1. The van der Waals surface area contributed by atoms with E-state index >= 15 is 0 Å². The largest absolute Gasteiger partial charge is 0.494 e. The molecule has 0 radical (unpaired) electrons. The Bertz CT molecular complexity index is 949. The Morgan fingerprint density at radius 3 is 2.24 bits per heavy atom. The van der Waals surface area contributed by atoms with Gasteiger partial charge in [0.15, 0.2) is 0 Å². The van der Waals surface area contributed by atoms with E-state index in [0.29, 0.717) is 6.61 Å². The number of hydrogen-bond acceptors (Lipinski definition) is 4. The number of ketones is 1. The second-order valence-electron chi connectivity index (χ2n) is 9.10. The third kappa shape index (κ3) is 13.9. The monoisotopic (exact) mass is 511 g/mol. The van der Waals surface area contributed by atoms with Gasteiger partial charge in [0.2, 0.25) is 0 Å². The van der Waals surface area contributed by atoms with Crippen LogP contribution in [0.5, 0.6) is 5.75 Å². The highest BCUT2D eigenvalue weighted by Crippen LogP contribution is 2.23. The summed E-state index contributed by atoms with van der Waals surface area (Å²) >= 11 is 0. The molecule has 1 N–H and O–H groups in total. The van der Waals surface area contributed by atoms with Gasteiger partial charge in [-0.25, -0.2) is 4.98 Å². The van der Waals surface area contributed by atoms with Crippen LogP contribution >= 0.6 is 0 Å². The summed E-state index contributed by atoms with van der Waals surface area (Å²) in [6.07, 6.45) is 12.3. The molecular formula is C32H53N3O2. The van der Waals surface area contributed by atoms with Crippen molar-refractivity contribution in [3.05, 3.63) is 54.9 Å². The lowest BCUT2D eigenvalue weighted by Crippen LogP contribution is -2.16. The Labute approximate surface area is 227 Å². The molecule has 3 aromatic rings. The highest BCUT2D eigenvalue weighted by molar-refractivity contribution is 5.82. The van der Waals surface area contributed by atoms with Crippen molar-refractivity contribution in [2.24, 2.45) is 5.92 Å². The first-order chi connectivity index (χ1) is 17.5. The number of anilines is 1. The molecule has 2 aromatic heterocycles. The lowest BCUT2D eigenvalue weighted by atomic mass is 10.0. The molecule has 5 heteroatoms. The molecule has 208 valence electrons. The molecule has 0 amide bonds. The molecule has 0 fully saturated rings. The van der Waals surface area contributed by atoms with Crippen molar-refractivity contribution in [2.45, 2.75) is 100 Å². The third-order valence-corrected chi connectivity index (χ3v) is 6.00. The predicted molar refractivity (Wildman–Crippen MR) is 162 cm³/mol. The van der Waals surface area contributed by atoms with Crippen molar-refractivity contribution >= 4 is 22.5 Å². The minimum Gasteiger partial charge on any atom is -0.494 e. The number of fused-ring (bicyclic) bond motifs is 1. The van der Waals surface area contributed by atoms with Crippen LogP contribution in [0.1, 0.15) is 93.9 Å². The maximum atomic E-state index is 11.7. The number of nitrogens with zero attached hydrogens (tertiary/aromatic N) is 2. The average Bonchev–Trinajstić information content (AvgIpc) is 3.30. The Morgan fingerprint density at radius 1 is 0.973 bits per heavy atom. The first kappa shape index (κ1) is 34.2. The van der Waals surface area contributed by atoms with Gasteiger partial charge in [-0.15, -0.1) is 0 Å². The molecule has 1 unspecified atom stereocenters. The Balaban J connectivity index is 0.00000112. The normalized spacial score (nSPS) is 10.8. The second kappa shape index (κ2) is 21.3. The van der Waals surface area contributed by atoms with Gasteiger partial charge in [0.1, 0.15) is 17.4 Å². The van der Waals surface area contributed by atoms with Gasteiger partial charge >= 0.3 is 0 Å². The second-order valence-corrected chi connectivity index (χ2v) is 9.10. The molecule has 5 nitrogen and oxygen atoms in total. The van der Waals surface area contributed by atoms with Crippen LogP contribution in [-0.2, 0) is 11.3 Å². The van der Waals surface area contributed by atoms with E-state index < -0.39 is 0 Å². The number of carbonyl (C=O) groups is 1. The molecule has 3 rings (SSSR count). The van der Waals surface area contributed by atoms with E-state index in [9.17, 15) is 4.79 Å². The van der Waals surface area contributed by atoms with Gasteiger partial charge in [-0.1, -0.05) is 80.2 Å². The van der Waals surface area contributed by atoms with E-state index in [0.717, 1.165) is 48.4 Å². The predicted octanol–water partition coefficient (Wildman–Crippen LogP) is 9.17. The number of hydrogen-bond donors (Lipinski definition) is 1. The van der Waals surface area contributed by atoms with Gasteiger partial charge < -0.3 is 14.6 Å². The van der Waals surface area contributed by atoms with Gasteiger partial charge in [-0.3, -0.25) is 4.79 Å². The minimum atomic E-state index is 0. The number of pyridine rings is 1. The fourth-order valence-electron chi connectivity index (χ4n) is 3.51. The zero-order valence-electron chi connectivity index (χ0n) is 23.6. The van der Waals surface area contributed by atoms with Crippen LogP contribution in [0, 0.1) is 5.92 Å². The van der Waals surface area contributed by atoms with Gasteiger partial charge in [-0.05, 0) is 56.2 Å². The van der Waals surface area contributed by atoms with Crippen LogP contribution < -0.4 is 10.1 Å². The first-order valence-electron chi connectivity index (χ1n) is 13.9. The Morgan fingerprint density at radius 2 is 1.70 bits per heavy atom. The van der Waals surface area contributed by atoms with Crippen LogP contribution in [0.2, 0.25) is 0 Å². The molecule has 0 aliphatic rings. The SMILES string of the molecule is C.CCC(Cn1ccc2cc(OCCCNc3ccccn3)ccc21)C(C)=O.CCCC.CCCCC. The number of aromatic nitrogens is 2. The molecule has 0 saturated carbocycles. The van der Waals surface area contributed by atoms with Gasteiger partial charge in [-0.2, -0.15) is 0 Å². The molecule has 1 aromatic carbocycles. The maximum absolute atomic E-state index is 11.7. The number of unbranched alkanes of at least 4 members (excludes halogenated alkanes) is 3. The van der Waals surface area contributed by atoms with Gasteiger partial charge in [0.05, 0.1) is 6.61 Å². The van der Waals surface area contributed by atoms with E-state index in [1.807, 2.05) is 24.3 Å². The van der Waals surface area contributed by atoms with Crippen LogP contribution in [0.25, 0.3) is 10.9 Å². The summed E-state index contributed by atoms with van der Waals surface area (Å²) in [5.41, 5.74) is 1.14. The quantitative estimate of drug-likeness (QED) is 0.232. The van der Waals surface area contributed by atoms with Crippen LogP contribution in [0.3, 0.4) is 0 Å². The smallest absolute Gasteiger partial charge is 0.134 e. The average molecular weight is 512 g/mol. The van der Waals surface area contributed by atoms with E-state index in [2.05, 4.69) is 73.9 Å². The zero-order valence-corrected chi connectivity index (χ0v) is 23.6. The lowest BCUT2D eigenvalue weighted by Gasteiger charge is -2.13. The number of Topliss-reactive ketones (excluding diaryl/α,β-unsaturated/α-hetero) is 1. The zero-order chi connectivity index (χ0) is 26.6. The van der Waals surface area contributed by atoms with E-state index in [4.69, 9.17) is 4.74 Å². The highest BCUT2D eigenvalue weighted by Gasteiger charge is 2.13. The summed E-state index contributed by atoms with van der Waals surface area (Å²) in [4.78, 5) is 15.9. The molecule has 2 heterocycles. The van der Waals surface area contributed by atoms with Gasteiger partial charge in [0.25, 0.3) is 0 Å². The number of rotatable bonds is 13. The van der Waals surface area contributed by atoms with Crippen molar-refractivity contribution in [1.29, 1.82) is 0 Å². The summed E-state index contributed by atoms with van der Waals surface area (Å²) in [7, 11) is 0. The van der Waals surface area contributed by atoms with Crippen LogP contribution in [0.15, 0.2) is 54.9 Å². The molecular weight excluding hydrogens is 458 g/mol. The fourth-order valence-corrected chi connectivity index (χ4v) is 3.51. The number of carbonyl (C=O) groups excluding carboxylic acids is 1. The third-order valence-electron chi connectivity index (χ3n) is 6.00. The van der Waals surface area contributed by atoms with Crippen molar-refractivity contribution in [3.63, 3.8) is 0 Å². The Kier molecular flexibility index (Phi) is 19.7. The summed E-state index contributed by atoms with van der Waals surface area (Å²) in [5, 5.41) is 4.41. The minimum absolute atomic E-state index is 0. The van der Waals surface area contributed by atoms with E-state index in [-0.39, 0.29) is 19.1 Å². The molecule has 0 bridgehead atoms. The summed E-state index contributed by atoms with van der Waals surface area (Å²) in [6.45, 7) is 14.7. The summed E-state index contributed by atoms with van der Waals surface area (Å²) < 4.78 is 8.04. The maximum Gasteiger partial charge on any atom is 0.134 e. The fraction of sp³-hybridized carbons (Fsp3) is 0.562. The molecule has 37 heavy (non-hydrogen) atoms. The number of benzene rings is 1. The van der Waals surface area contributed by atoms with E-state index in [1.54, 1.807) is 13.1 Å². The summed E-state index contributed by atoms with van der Waals surface area (Å²) in [6, 6.07) is 14.0. The summed E-state index contributed by atoms with van der Waals surface area (Å²) in [5.74, 6) is 2.08. The molecule has 0 saturated heterocycles. The Hall–Kier alpha value is -2.82. The van der Waals surface area contributed by atoms with Crippen molar-refractivity contribution in [2.75, 3.05) is 18.5 Å². The molecule has 0 spiro atoms. The van der Waals surface area contributed by atoms with Crippen molar-refractivity contribution < 1.29 is 9.53 Å². The highest BCUT2D eigenvalue weighted by atomic mass is 16.5. The van der Waals surface area contributed by atoms with Gasteiger partial charge in [0, 0.05) is 42.3 Å². The van der Waals surface area contributed by atoms with Crippen molar-refractivity contribution in [3.8, 4) is 5.75 Å². The standard InChI is InChI=1S/C22H27N3O2.C5H12.C4H10.CH4/c1-3-18(17(2)26)16-25-13-10-19-15-20(8-9-21(19)25)27-14-6-12-24-22-7-4-5-11-23-22;1-3-5-4-2;1-3-4-2;/h4-5,7-11,13,15,18H,3,6,12,14,16H2,1-2H3,(H,23,24);3-5H2,1-2H3;3-4H2,1-2H3;1H4. The lowest BCUT2D eigenvalue weighted by molar-refractivity contribution is -0.121. The topological polar surface area (TPSA) is 56.1 Å². The van der Waals surface area contributed by atoms with Crippen LogP contribution in [0.4, 0.5) is 5.82 Å². The van der Waals surface area contributed by atoms with Crippen molar-refractivity contribution in [1.82, 2.24) is 9.55 Å². The number of ether oxygens (including phenoxy) is 1. The molecule has 1 atom stereocenters. The first-order valence-corrected chi connectivity index (χ1v) is 13.9.